The molecule has 4 heteroatoms. The van der Waals surface area contributed by atoms with Gasteiger partial charge in [-0.2, -0.15) is 0 Å². The fraction of sp³-hybridized carbons (Fsp3) is 0.900. The largest absolute Gasteiger partial charge is 0.337 e. The third kappa shape index (κ3) is 2.87. The molecule has 0 unspecified atom stereocenters. The lowest BCUT2D eigenvalue weighted by Crippen LogP contribution is -2.52. The quantitative estimate of drug-likeness (QED) is 0.746. The van der Waals surface area contributed by atoms with Gasteiger partial charge in [-0.1, -0.05) is 6.42 Å². The first kappa shape index (κ1) is 11.3. The molecule has 4 nitrogen and oxygen atoms in total. The van der Waals surface area contributed by atoms with Gasteiger partial charge in [0.1, 0.15) is 0 Å². The fourth-order valence-corrected chi connectivity index (χ4v) is 1.83. The van der Waals surface area contributed by atoms with Gasteiger partial charge in [0.05, 0.1) is 0 Å². The Morgan fingerprint density at radius 3 is 2.43 bits per heavy atom. The molecule has 82 valence electrons. The van der Waals surface area contributed by atoms with E-state index in [1.807, 2.05) is 18.9 Å². The van der Waals surface area contributed by atoms with Crippen molar-refractivity contribution in [3.63, 3.8) is 0 Å². The van der Waals surface area contributed by atoms with Crippen LogP contribution in [0.25, 0.3) is 0 Å². The summed E-state index contributed by atoms with van der Waals surface area (Å²) < 4.78 is 0. The predicted molar refractivity (Wildman–Crippen MR) is 56.9 cm³/mol. The highest BCUT2D eigenvalue weighted by Gasteiger charge is 2.20. The van der Waals surface area contributed by atoms with E-state index in [-0.39, 0.29) is 6.03 Å². The Hall–Kier alpha value is -0.770. The van der Waals surface area contributed by atoms with E-state index in [0.29, 0.717) is 6.54 Å². The molecule has 0 saturated carbocycles. The second kappa shape index (κ2) is 5.86. The van der Waals surface area contributed by atoms with Crippen LogP contribution in [0.4, 0.5) is 4.79 Å². The Morgan fingerprint density at radius 1 is 1.29 bits per heavy atom. The number of amides is 2. The molecular weight excluding hydrogens is 178 g/mol. The first-order valence-electron chi connectivity index (χ1n) is 5.59. The first-order chi connectivity index (χ1) is 6.79. The first-order valence-corrected chi connectivity index (χ1v) is 5.59. The summed E-state index contributed by atoms with van der Waals surface area (Å²) >= 11 is 0. The summed E-state index contributed by atoms with van der Waals surface area (Å²) in [6, 6.07) is 0.0388. The highest BCUT2D eigenvalue weighted by molar-refractivity contribution is 5.73. The van der Waals surface area contributed by atoms with Crippen LogP contribution in [0.3, 0.4) is 0 Å². The summed E-state index contributed by atoms with van der Waals surface area (Å²) in [7, 11) is 0. The minimum absolute atomic E-state index is 0.0388. The standard InChI is InChI=1S/C10H21N3O/c1-3-11-10(14)13(4-2)12-8-6-5-7-9-12/h3-9H2,1-2H3,(H,11,14). The van der Waals surface area contributed by atoms with Gasteiger partial charge in [0.25, 0.3) is 0 Å². The number of hydrogen-bond donors (Lipinski definition) is 1. The van der Waals surface area contributed by atoms with Crippen molar-refractivity contribution < 1.29 is 4.79 Å². The Morgan fingerprint density at radius 2 is 1.93 bits per heavy atom. The number of carbonyl (C=O) groups is 1. The lowest BCUT2D eigenvalue weighted by molar-refractivity contribution is 0.00243. The molecule has 1 rings (SSSR count). The monoisotopic (exact) mass is 199 g/mol. The summed E-state index contributed by atoms with van der Waals surface area (Å²) in [5, 5.41) is 6.82. The molecule has 1 heterocycles. The lowest BCUT2D eigenvalue weighted by atomic mass is 10.2. The number of piperidine rings is 1. The van der Waals surface area contributed by atoms with E-state index < -0.39 is 0 Å². The normalized spacial score (nSPS) is 17.9. The number of nitrogens with zero attached hydrogens (tertiary/aromatic N) is 2. The maximum Gasteiger partial charge on any atom is 0.331 e. The van der Waals surface area contributed by atoms with Crippen molar-refractivity contribution in [2.75, 3.05) is 26.2 Å². The van der Waals surface area contributed by atoms with Crippen molar-refractivity contribution in [2.45, 2.75) is 33.1 Å². The summed E-state index contributed by atoms with van der Waals surface area (Å²) in [5.41, 5.74) is 0. The smallest absolute Gasteiger partial charge is 0.331 e. The summed E-state index contributed by atoms with van der Waals surface area (Å²) in [5.74, 6) is 0. The Balaban J connectivity index is 2.46. The third-order valence-electron chi connectivity index (χ3n) is 2.54. The minimum Gasteiger partial charge on any atom is -0.337 e. The van der Waals surface area contributed by atoms with Gasteiger partial charge < -0.3 is 5.32 Å². The van der Waals surface area contributed by atoms with Crippen molar-refractivity contribution in [2.24, 2.45) is 0 Å². The molecule has 0 atom stereocenters. The summed E-state index contributed by atoms with van der Waals surface area (Å²) in [6.45, 7) is 7.46. The Labute approximate surface area is 86.2 Å². The number of rotatable bonds is 3. The van der Waals surface area contributed by atoms with Crippen LogP contribution in [0, 0.1) is 0 Å². The SMILES string of the molecule is CCNC(=O)N(CC)N1CCCCC1. The van der Waals surface area contributed by atoms with Gasteiger partial charge in [-0.05, 0) is 26.7 Å². The highest BCUT2D eigenvalue weighted by atomic mass is 16.2. The molecule has 1 aliphatic rings. The predicted octanol–water partition coefficient (Wildman–Crippen LogP) is 1.44. The van der Waals surface area contributed by atoms with Crippen LogP contribution >= 0.6 is 0 Å². The zero-order valence-corrected chi connectivity index (χ0v) is 9.25. The van der Waals surface area contributed by atoms with Crippen molar-refractivity contribution in [3.05, 3.63) is 0 Å². The average molecular weight is 199 g/mol. The van der Waals surface area contributed by atoms with Crippen LogP contribution < -0.4 is 5.32 Å². The van der Waals surface area contributed by atoms with Gasteiger partial charge in [0, 0.05) is 26.2 Å². The molecule has 0 aromatic heterocycles. The second-order valence-electron chi connectivity index (χ2n) is 3.57. The van der Waals surface area contributed by atoms with E-state index >= 15 is 0 Å². The highest BCUT2D eigenvalue weighted by Crippen LogP contribution is 2.11. The molecule has 14 heavy (non-hydrogen) atoms. The van der Waals surface area contributed by atoms with Crippen LogP contribution in [0.1, 0.15) is 33.1 Å². The van der Waals surface area contributed by atoms with Gasteiger partial charge in [-0.3, -0.25) is 5.01 Å². The van der Waals surface area contributed by atoms with Crippen molar-refractivity contribution in [1.29, 1.82) is 0 Å². The van der Waals surface area contributed by atoms with Gasteiger partial charge in [-0.25, -0.2) is 9.80 Å². The second-order valence-corrected chi connectivity index (χ2v) is 3.57. The number of urea groups is 1. The van der Waals surface area contributed by atoms with Crippen LogP contribution in [0.15, 0.2) is 0 Å². The van der Waals surface area contributed by atoms with Gasteiger partial charge in [-0.15, -0.1) is 0 Å². The number of nitrogens with one attached hydrogen (secondary N) is 1. The topological polar surface area (TPSA) is 35.6 Å². The molecule has 0 aromatic carbocycles. The molecule has 1 aliphatic heterocycles. The number of carbonyl (C=O) groups excluding carboxylic acids is 1. The van der Waals surface area contributed by atoms with E-state index in [4.69, 9.17) is 0 Å². The number of hydrogen-bond acceptors (Lipinski definition) is 2. The molecule has 1 fully saturated rings. The van der Waals surface area contributed by atoms with Gasteiger partial charge in [0.2, 0.25) is 0 Å². The lowest BCUT2D eigenvalue weighted by Gasteiger charge is -2.36. The van der Waals surface area contributed by atoms with Crippen molar-refractivity contribution >= 4 is 6.03 Å². The van der Waals surface area contributed by atoms with E-state index in [0.717, 1.165) is 19.6 Å². The zero-order valence-electron chi connectivity index (χ0n) is 9.25. The molecule has 0 bridgehead atoms. The molecule has 0 aromatic rings. The fourth-order valence-electron chi connectivity index (χ4n) is 1.83. The van der Waals surface area contributed by atoms with E-state index in [9.17, 15) is 4.79 Å². The Kier molecular flexibility index (Phi) is 4.73. The molecule has 1 saturated heterocycles. The Bertz CT molecular complexity index is 178. The minimum atomic E-state index is 0.0388. The van der Waals surface area contributed by atoms with Crippen molar-refractivity contribution in [3.8, 4) is 0 Å². The van der Waals surface area contributed by atoms with Gasteiger partial charge >= 0.3 is 6.03 Å². The van der Waals surface area contributed by atoms with E-state index in [1.54, 1.807) is 0 Å². The molecule has 1 N–H and O–H groups in total. The molecule has 0 radical (unpaired) electrons. The van der Waals surface area contributed by atoms with E-state index in [2.05, 4.69) is 10.3 Å². The third-order valence-corrected chi connectivity index (χ3v) is 2.54. The van der Waals surface area contributed by atoms with Crippen LogP contribution in [-0.2, 0) is 0 Å². The maximum absolute atomic E-state index is 11.6. The van der Waals surface area contributed by atoms with Crippen LogP contribution in [0.5, 0.6) is 0 Å². The average Bonchev–Trinajstić information content (AvgIpc) is 2.21. The van der Waals surface area contributed by atoms with Gasteiger partial charge in [0.15, 0.2) is 0 Å². The molecule has 0 spiro atoms. The van der Waals surface area contributed by atoms with Crippen LogP contribution in [-0.4, -0.2) is 42.2 Å². The van der Waals surface area contributed by atoms with Crippen LogP contribution in [0.2, 0.25) is 0 Å². The summed E-state index contributed by atoms with van der Waals surface area (Å²) in [6.07, 6.45) is 3.70. The molecule has 2 amide bonds. The zero-order chi connectivity index (χ0) is 10.4. The molecule has 0 aliphatic carbocycles. The molecular formula is C10H21N3O. The van der Waals surface area contributed by atoms with Crippen molar-refractivity contribution in [1.82, 2.24) is 15.3 Å². The number of hydrazine groups is 1. The maximum atomic E-state index is 11.6. The summed E-state index contributed by atoms with van der Waals surface area (Å²) in [4.78, 5) is 11.6. The van der Waals surface area contributed by atoms with E-state index in [1.165, 1.54) is 19.3 Å².